The topological polar surface area (TPSA) is 54.9 Å². The van der Waals surface area contributed by atoms with Crippen molar-refractivity contribution in [3.63, 3.8) is 0 Å². The summed E-state index contributed by atoms with van der Waals surface area (Å²) < 4.78 is 24.8. The lowest BCUT2D eigenvalue weighted by Crippen LogP contribution is -2.29. The lowest BCUT2D eigenvalue weighted by atomic mass is 10.1. The summed E-state index contributed by atoms with van der Waals surface area (Å²) in [7, 11) is -0.687. The second-order valence-electron chi connectivity index (χ2n) is 5.82. The molecule has 0 amide bonds. The van der Waals surface area contributed by atoms with E-state index < -0.39 is 16.6 Å². The number of hydrogen-bond donors (Lipinski definition) is 1. The summed E-state index contributed by atoms with van der Waals surface area (Å²) in [4.78, 5) is 9.07. The maximum atomic E-state index is 13.4. The zero-order valence-corrected chi connectivity index (χ0v) is 17.0. The molecule has 1 aliphatic rings. The summed E-state index contributed by atoms with van der Waals surface area (Å²) in [5.74, 6) is 2.27. The number of rotatable bonds is 4. The molecule has 142 valence electrons. The molecule has 3 rings (SSSR count). The van der Waals surface area contributed by atoms with Gasteiger partial charge in [0.05, 0.1) is 5.02 Å². The van der Waals surface area contributed by atoms with E-state index in [0.717, 1.165) is 42.3 Å². The monoisotopic (exact) mass is 397 g/mol. The molecule has 0 atom stereocenters. The van der Waals surface area contributed by atoms with Crippen LogP contribution in [0, 0.1) is 5.82 Å². The number of aryl methyl sites for hydroxylation is 1. The number of aromatic nitrogens is 2. The van der Waals surface area contributed by atoms with E-state index in [9.17, 15) is 8.60 Å². The SMILES string of the molecule is CC.CCc1cc(NC2CCS(=O)CC2)nc(-c2ccc(F)c(Cl)c2)n1. The van der Waals surface area contributed by atoms with Crippen LogP contribution in [0.3, 0.4) is 0 Å². The standard InChI is InChI=1S/C17H19ClFN3OS.C2H6/c1-2-12-10-16(20-13-5-7-24(23)8-6-13)22-17(21-12)11-3-4-15(19)14(18)9-11;1-2/h3-4,9-10,13H,2,5-8H2,1H3,(H,20,21,22);1-2H3. The molecule has 0 unspecified atom stereocenters. The number of nitrogens with zero attached hydrogens (tertiary/aromatic N) is 2. The molecule has 1 N–H and O–H groups in total. The molecular weight excluding hydrogens is 373 g/mol. The minimum absolute atomic E-state index is 0.0577. The van der Waals surface area contributed by atoms with Gasteiger partial charge in [0.15, 0.2) is 5.82 Å². The van der Waals surface area contributed by atoms with Gasteiger partial charge in [0.25, 0.3) is 0 Å². The summed E-state index contributed by atoms with van der Waals surface area (Å²) in [6, 6.07) is 6.69. The predicted octanol–water partition coefficient (Wildman–Crippen LogP) is 4.85. The molecule has 26 heavy (non-hydrogen) atoms. The number of benzene rings is 1. The Bertz CT molecular complexity index is 762. The van der Waals surface area contributed by atoms with Crippen LogP contribution < -0.4 is 5.32 Å². The van der Waals surface area contributed by atoms with E-state index in [1.54, 1.807) is 12.1 Å². The van der Waals surface area contributed by atoms with Gasteiger partial charge in [-0.2, -0.15) is 0 Å². The van der Waals surface area contributed by atoms with Gasteiger partial charge in [0.1, 0.15) is 11.6 Å². The summed E-state index contributed by atoms with van der Waals surface area (Å²) in [5, 5.41) is 3.48. The fourth-order valence-corrected chi connectivity index (χ4v) is 4.14. The molecule has 0 spiro atoms. The highest BCUT2D eigenvalue weighted by Gasteiger charge is 2.18. The van der Waals surface area contributed by atoms with Crippen LogP contribution in [0.5, 0.6) is 0 Å². The summed E-state index contributed by atoms with van der Waals surface area (Å²) in [6.45, 7) is 6.03. The average molecular weight is 398 g/mol. The second-order valence-corrected chi connectivity index (χ2v) is 7.92. The first kappa shape index (κ1) is 20.8. The normalized spacial score (nSPS) is 19.4. The van der Waals surface area contributed by atoms with Crippen LogP contribution in [-0.2, 0) is 17.2 Å². The van der Waals surface area contributed by atoms with Crippen LogP contribution in [0.1, 0.15) is 39.3 Å². The third-order valence-electron chi connectivity index (χ3n) is 4.06. The molecule has 2 heterocycles. The Labute approximate surface area is 162 Å². The van der Waals surface area contributed by atoms with Gasteiger partial charge in [0, 0.05) is 45.7 Å². The van der Waals surface area contributed by atoms with Crippen molar-refractivity contribution in [1.29, 1.82) is 0 Å². The van der Waals surface area contributed by atoms with Gasteiger partial charge in [-0.25, -0.2) is 14.4 Å². The molecule has 1 saturated heterocycles. The van der Waals surface area contributed by atoms with Crippen LogP contribution in [-0.4, -0.2) is 31.7 Å². The first-order valence-corrected chi connectivity index (χ1v) is 10.9. The third kappa shape index (κ3) is 5.48. The van der Waals surface area contributed by atoms with Gasteiger partial charge < -0.3 is 5.32 Å². The largest absolute Gasteiger partial charge is 0.367 e. The molecule has 4 nitrogen and oxygen atoms in total. The maximum absolute atomic E-state index is 13.4. The first-order chi connectivity index (χ1) is 12.5. The molecule has 2 aromatic rings. The maximum Gasteiger partial charge on any atom is 0.161 e. The predicted molar refractivity (Wildman–Crippen MR) is 108 cm³/mol. The highest BCUT2D eigenvalue weighted by molar-refractivity contribution is 7.85. The number of hydrogen-bond acceptors (Lipinski definition) is 4. The molecule has 1 aromatic carbocycles. The first-order valence-electron chi connectivity index (χ1n) is 9.00. The lowest BCUT2D eigenvalue weighted by molar-refractivity contribution is 0.622. The van der Waals surface area contributed by atoms with E-state index in [0.29, 0.717) is 11.4 Å². The van der Waals surface area contributed by atoms with E-state index in [4.69, 9.17) is 11.6 Å². The summed E-state index contributed by atoms with van der Waals surface area (Å²) >= 11 is 5.87. The van der Waals surface area contributed by atoms with Crippen molar-refractivity contribution in [3.8, 4) is 11.4 Å². The highest BCUT2D eigenvalue weighted by Crippen LogP contribution is 2.24. The Morgan fingerprint density at radius 3 is 2.54 bits per heavy atom. The molecule has 0 bridgehead atoms. The average Bonchev–Trinajstić information content (AvgIpc) is 2.67. The summed E-state index contributed by atoms with van der Waals surface area (Å²) in [6.07, 6.45) is 2.51. The fourth-order valence-electron chi connectivity index (χ4n) is 2.66. The van der Waals surface area contributed by atoms with Crippen LogP contribution in [0.15, 0.2) is 24.3 Å². The Hall–Kier alpha value is -1.53. The molecule has 1 aliphatic heterocycles. The Morgan fingerprint density at radius 2 is 1.92 bits per heavy atom. The van der Waals surface area contributed by atoms with Crippen molar-refractivity contribution in [2.75, 3.05) is 16.8 Å². The van der Waals surface area contributed by atoms with Crippen molar-refractivity contribution in [3.05, 3.63) is 40.8 Å². The Morgan fingerprint density at radius 1 is 1.23 bits per heavy atom. The molecule has 0 aliphatic carbocycles. The Kier molecular flexibility index (Phi) is 7.97. The molecule has 0 radical (unpaired) electrons. The third-order valence-corrected chi connectivity index (χ3v) is 5.73. The van der Waals surface area contributed by atoms with E-state index in [1.807, 2.05) is 26.8 Å². The van der Waals surface area contributed by atoms with Crippen LogP contribution in [0.2, 0.25) is 5.02 Å². The van der Waals surface area contributed by atoms with Gasteiger partial charge in [-0.3, -0.25) is 4.21 Å². The quantitative estimate of drug-likeness (QED) is 0.801. The van der Waals surface area contributed by atoms with Crippen molar-refractivity contribution in [2.24, 2.45) is 0 Å². The minimum Gasteiger partial charge on any atom is -0.367 e. The Balaban J connectivity index is 0.00000117. The van der Waals surface area contributed by atoms with Crippen molar-refractivity contribution < 1.29 is 8.60 Å². The van der Waals surface area contributed by atoms with Crippen molar-refractivity contribution in [2.45, 2.75) is 46.1 Å². The van der Waals surface area contributed by atoms with Crippen molar-refractivity contribution in [1.82, 2.24) is 9.97 Å². The molecule has 1 aromatic heterocycles. The number of anilines is 1. The van der Waals surface area contributed by atoms with Crippen LogP contribution in [0.4, 0.5) is 10.2 Å². The van der Waals surface area contributed by atoms with Crippen LogP contribution >= 0.6 is 11.6 Å². The molecule has 7 heteroatoms. The number of nitrogens with one attached hydrogen (secondary N) is 1. The fraction of sp³-hybridized carbons (Fsp3) is 0.474. The highest BCUT2D eigenvalue weighted by atomic mass is 35.5. The zero-order valence-electron chi connectivity index (χ0n) is 15.4. The van der Waals surface area contributed by atoms with Gasteiger partial charge in [-0.15, -0.1) is 0 Å². The molecule has 1 fully saturated rings. The van der Waals surface area contributed by atoms with Gasteiger partial charge in [0.2, 0.25) is 0 Å². The minimum atomic E-state index is -0.687. The second kappa shape index (κ2) is 9.97. The molecule has 0 saturated carbocycles. The van der Waals surface area contributed by atoms with Crippen molar-refractivity contribution >= 4 is 28.2 Å². The smallest absolute Gasteiger partial charge is 0.161 e. The lowest BCUT2D eigenvalue weighted by Gasteiger charge is -2.23. The van der Waals surface area contributed by atoms with Crippen LogP contribution in [0.25, 0.3) is 11.4 Å². The summed E-state index contributed by atoms with van der Waals surface area (Å²) in [5.41, 5.74) is 1.59. The molecular formula is C19H25ClFN3OS. The van der Waals surface area contributed by atoms with E-state index in [-0.39, 0.29) is 11.1 Å². The van der Waals surface area contributed by atoms with E-state index in [1.165, 1.54) is 6.07 Å². The van der Waals surface area contributed by atoms with Gasteiger partial charge >= 0.3 is 0 Å². The van der Waals surface area contributed by atoms with Gasteiger partial charge in [-0.05, 0) is 37.5 Å². The van der Waals surface area contributed by atoms with E-state index in [2.05, 4.69) is 15.3 Å². The zero-order chi connectivity index (χ0) is 19.1. The van der Waals surface area contributed by atoms with Gasteiger partial charge in [-0.1, -0.05) is 32.4 Å². The van der Waals surface area contributed by atoms with E-state index >= 15 is 0 Å². The number of halogens is 2.